The van der Waals surface area contributed by atoms with Gasteiger partial charge in [-0.05, 0) is 11.6 Å². The van der Waals surface area contributed by atoms with Crippen molar-refractivity contribution in [1.29, 1.82) is 5.26 Å². The maximum absolute atomic E-state index is 13.0. The summed E-state index contributed by atoms with van der Waals surface area (Å²) in [6.07, 6.45) is 3.42. The van der Waals surface area contributed by atoms with Crippen molar-refractivity contribution in [2.24, 2.45) is 5.16 Å². The fraction of sp³-hybridized carbons (Fsp3) is 0.500. The number of carboxylic acid groups (broad SMARTS) is 1. The van der Waals surface area contributed by atoms with E-state index in [0.717, 1.165) is 16.4 Å². The van der Waals surface area contributed by atoms with E-state index in [-0.39, 0.29) is 40.8 Å². The van der Waals surface area contributed by atoms with Crippen LogP contribution in [0, 0.1) is 11.3 Å². The molecule has 3 aliphatic heterocycles. The average molecular weight is 580 g/mol. The number of fused-ring (bicyclic) bond motifs is 1. The van der Waals surface area contributed by atoms with Crippen molar-refractivity contribution in [2.75, 3.05) is 44.8 Å². The van der Waals surface area contributed by atoms with Gasteiger partial charge in [0.2, 0.25) is 18.1 Å². The second-order valence-electron chi connectivity index (χ2n) is 9.34. The molecule has 2 amide bonds. The van der Waals surface area contributed by atoms with E-state index in [0.29, 0.717) is 29.6 Å². The molecule has 2 fully saturated rings. The molecule has 1 aromatic heterocycles. The fourth-order valence-corrected chi connectivity index (χ4v) is 6.58. The maximum Gasteiger partial charge on any atom is 0.352 e. The number of oxime groups is 1. The largest absolute Gasteiger partial charge is 0.477 e. The molecule has 3 aliphatic rings. The van der Waals surface area contributed by atoms with Crippen LogP contribution in [0.3, 0.4) is 0 Å². The molecule has 1 unspecified atom stereocenters. The number of hydrogen-bond donors (Lipinski definition) is 5. The number of carbonyl (C=O) groups excluding carboxylic acids is 2. The molecule has 4 rings (SSSR count). The summed E-state index contributed by atoms with van der Waals surface area (Å²) < 4.78 is 4.33. The summed E-state index contributed by atoms with van der Waals surface area (Å²) in [6.45, 7) is 0.428. The van der Waals surface area contributed by atoms with Crippen LogP contribution in [-0.4, -0.2) is 120 Å². The number of nitrogens with one attached hydrogen (secondary N) is 1. The van der Waals surface area contributed by atoms with Gasteiger partial charge in [-0.3, -0.25) is 14.5 Å². The number of nitrogen functional groups attached to an aromatic ring is 1. The predicted octanol–water partition coefficient (Wildman–Crippen LogP) is -1.77. The van der Waals surface area contributed by atoms with Crippen LogP contribution in [0.2, 0.25) is 0 Å². The Morgan fingerprint density at radius 2 is 2.23 bits per heavy atom. The molecule has 1 aromatic rings. The lowest BCUT2D eigenvalue weighted by Gasteiger charge is -2.49. The number of nitriles is 1. The lowest BCUT2D eigenvalue weighted by Crippen LogP contribution is -2.71. The number of amides is 2. The highest BCUT2D eigenvalue weighted by Crippen LogP contribution is 2.40. The Hall–Kier alpha value is -3.56. The van der Waals surface area contributed by atoms with E-state index >= 15 is 0 Å². The highest BCUT2D eigenvalue weighted by atomic mass is 32.2. The molecule has 5 atom stereocenters. The van der Waals surface area contributed by atoms with Crippen molar-refractivity contribution in [3.05, 3.63) is 29.2 Å². The smallest absolute Gasteiger partial charge is 0.352 e. The molecular weight excluding hydrogens is 552 g/mol. The average Bonchev–Trinajstić information content (AvgIpc) is 3.45. The zero-order valence-electron chi connectivity index (χ0n) is 20.8. The van der Waals surface area contributed by atoms with Gasteiger partial charge < -0.3 is 35.7 Å². The van der Waals surface area contributed by atoms with Gasteiger partial charge >= 0.3 is 5.97 Å². The van der Waals surface area contributed by atoms with Gasteiger partial charge in [-0.2, -0.15) is 14.6 Å². The van der Waals surface area contributed by atoms with Crippen LogP contribution >= 0.6 is 23.3 Å². The van der Waals surface area contributed by atoms with Crippen molar-refractivity contribution in [1.82, 2.24) is 19.6 Å². The normalized spacial score (nSPS) is 28.7. The molecule has 0 aromatic carbocycles. The van der Waals surface area contributed by atoms with Gasteiger partial charge in [0.15, 0.2) is 5.13 Å². The molecule has 208 valence electrons. The van der Waals surface area contributed by atoms with E-state index in [2.05, 4.69) is 19.8 Å². The number of nitrogens with zero attached hydrogens (tertiary/aromatic N) is 6. The Morgan fingerprint density at radius 3 is 2.87 bits per heavy atom. The lowest BCUT2D eigenvalue weighted by atomic mass is 10.0. The standard InChI is InChI=1S/C22H26N8O7S2/c1-30(8-13(32)7-12(30)9-31)5-2-3-11-10-38-20-15(19(34)29(20)16(11)21(35)36)25-18(33)14(27-37-6-4-23)17-26-22(24)39-28-17/h2-3,12-13,15,20,31-32H,5-10H2,1H3,(H3-,24,25,26,28,33,35,36)/p+1/t12-,13-,15-,20+,30?/m1/s1. The summed E-state index contributed by atoms with van der Waals surface area (Å²) in [5.41, 5.74) is 5.46. The van der Waals surface area contributed by atoms with Crippen LogP contribution in [-0.2, 0) is 19.2 Å². The Balaban J connectivity index is 1.48. The second kappa shape index (κ2) is 11.7. The molecule has 17 heteroatoms. The first-order chi connectivity index (χ1) is 18.6. The zero-order valence-corrected chi connectivity index (χ0v) is 22.4. The van der Waals surface area contributed by atoms with Crippen LogP contribution in [0.15, 0.2) is 28.6 Å². The highest BCUT2D eigenvalue weighted by Gasteiger charge is 2.54. The first-order valence-electron chi connectivity index (χ1n) is 11.8. The molecule has 6 N–H and O–H groups in total. The van der Waals surface area contributed by atoms with Gasteiger partial charge in [-0.1, -0.05) is 11.2 Å². The number of rotatable bonds is 10. The van der Waals surface area contributed by atoms with Crippen LogP contribution < -0.4 is 11.1 Å². The van der Waals surface area contributed by atoms with E-state index in [1.54, 1.807) is 18.2 Å². The first-order valence-corrected chi connectivity index (χ1v) is 13.6. The molecule has 0 aliphatic carbocycles. The predicted molar refractivity (Wildman–Crippen MR) is 139 cm³/mol. The molecule has 0 spiro atoms. The molecule has 15 nitrogen and oxygen atoms in total. The number of hydrogen-bond acceptors (Lipinski definition) is 13. The molecule has 2 saturated heterocycles. The monoisotopic (exact) mass is 579 g/mol. The van der Waals surface area contributed by atoms with Gasteiger partial charge in [-0.15, -0.1) is 11.8 Å². The Labute approximate surface area is 231 Å². The molecule has 39 heavy (non-hydrogen) atoms. The number of aliphatic hydroxyl groups excluding tert-OH is 2. The van der Waals surface area contributed by atoms with E-state index in [1.165, 1.54) is 11.8 Å². The number of allylic oxidation sites excluding steroid dienone is 1. The first kappa shape index (κ1) is 28.4. The summed E-state index contributed by atoms with van der Waals surface area (Å²) in [5.74, 6) is -2.62. The third-order valence-electron chi connectivity index (χ3n) is 6.75. The Morgan fingerprint density at radius 1 is 1.46 bits per heavy atom. The zero-order chi connectivity index (χ0) is 28.3. The number of quaternary nitrogens is 1. The Bertz CT molecular complexity index is 1290. The molecule has 0 bridgehead atoms. The van der Waals surface area contributed by atoms with Crippen molar-refractivity contribution in [2.45, 2.75) is 30.0 Å². The highest BCUT2D eigenvalue weighted by molar-refractivity contribution is 8.00. The minimum absolute atomic E-state index is 0.0693. The van der Waals surface area contributed by atoms with E-state index in [4.69, 9.17) is 15.8 Å². The summed E-state index contributed by atoms with van der Waals surface area (Å²) in [4.78, 5) is 47.9. The van der Waals surface area contributed by atoms with Crippen LogP contribution in [0.5, 0.6) is 0 Å². The molecule has 0 radical (unpaired) electrons. The van der Waals surface area contributed by atoms with Crippen molar-refractivity contribution < 1.29 is 39.0 Å². The molecule has 0 saturated carbocycles. The minimum Gasteiger partial charge on any atom is -0.477 e. The summed E-state index contributed by atoms with van der Waals surface area (Å²) in [7, 11) is 1.92. The number of β-lactam (4-membered cyclic amide) rings is 1. The van der Waals surface area contributed by atoms with Gasteiger partial charge in [-0.25, -0.2) is 4.79 Å². The van der Waals surface area contributed by atoms with Crippen molar-refractivity contribution >= 4 is 51.9 Å². The number of likely N-dealkylation sites (tertiary alicyclic amines) is 1. The molecule has 4 heterocycles. The summed E-state index contributed by atoms with van der Waals surface area (Å²) >= 11 is 2.10. The molecular formula is C22H27N8O7S2+. The van der Waals surface area contributed by atoms with Gasteiger partial charge in [0.1, 0.15) is 41.9 Å². The van der Waals surface area contributed by atoms with E-state index in [9.17, 15) is 29.7 Å². The summed E-state index contributed by atoms with van der Waals surface area (Å²) in [6, 6.07) is 0.540. The van der Waals surface area contributed by atoms with Gasteiger partial charge in [0, 0.05) is 23.7 Å². The number of aromatic nitrogens is 2. The SMILES string of the molecule is C[N+]1(CC=CC2=C(C(=O)O)N3C(=O)[C@@H](NC(=O)C(=NOCC#N)c4nsc(N)n4)[C@@H]3SC2)C[C@H](O)C[C@@H]1CO. The third-order valence-corrected chi connectivity index (χ3v) is 8.59. The number of nitrogens with two attached hydrogens (primary N) is 1. The minimum atomic E-state index is -1.28. The number of carbonyl (C=O) groups is 3. The number of aliphatic carboxylic acids is 1. The number of likely N-dealkylation sites (N-methyl/N-ethyl adjacent to an activating group) is 1. The van der Waals surface area contributed by atoms with Crippen LogP contribution in [0.25, 0.3) is 0 Å². The number of aliphatic hydroxyl groups is 2. The Kier molecular flexibility index (Phi) is 8.51. The van der Waals surface area contributed by atoms with Gasteiger partial charge in [0.25, 0.3) is 11.8 Å². The van der Waals surface area contributed by atoms with Gasteiger partial charge in [0.05, 0.1) is 20.2 Å². The van der Waals surface area contributed by atoms with Crippen LogP contribution in [0.1, 0.15) is 12.2 Å². The van der Waals surface area contributed by atoms with E-state index < -0.39 is 41.9 Å². The summed E-state index contributed by atoms with van der Waals surface area (Å²) in [5, 5.41) is 43.8. The number of thioether (sulfide) groups is 1. The maximum atomic E-state index is 13.0. The number of anilines is 1. The van der Waals surface area contributed by atoms with Crippen LogP contribution in [0.4, 0.5) is 5.13 Å². The van der Waals surface area contributed by atoms with E-state index in [1.807, 2.05) is 7.05 Å². The quantitative estimate of drug-likeness (QED) is 0.0683. The second-order valence-corrected chi connectivity index (χ2v) is 11.2. The fourth-order valence-electron chi connectivity index (χ4n) is 4.83. The lowest BCUT2D eigenvalue weighted by molar-refractivity contribution is -0.917. The topological polar surface area (TPSA) is 224 Å². The number of carboxylic acids is 1. The van der Waals surface area contributed by atoms with Crippen molar-refractivity contribution in [3.8, 4) is 6.07 Å². The van der Waals surface area contributed by atoms with Crippen molar-refractivity contribution in [3.63, 3.8) is 0 Å². The third kappa shape index (κ3) is 5.74.